The van der Waals surface area contributed by atoms with E-state index in [2.05, 4.69) is 11.8 Å². The molecule has 1 aliphatic carbocycles. The maximum absolute atomic E-state index is 14.3. The molecule has 0 bridgehead atoms. The molecule has 0 amide bonds. The van der Waals surface area contributed by atoms with E-state index in [1.165, 1.54) is 12.8 Å². The number of para-hydroxylation sites is 1. The molecule has 1 aromatic rings. The van der Waals surface area contributed by atoms with Crippen LogP contribution in [0.2, 0.25) is 0 Å². The average molecular weight is 278 g/mol. The molecule has 0 spiro atoms. The molecular formula is C17H27FN2. The summed E-state index contributed by atoms with van der Waals surface area (Å²) in [5.41, 5.74) is 7.69. The van der Waals surface area contributed by atoms with Crippen LogP contribution in [0.15, 0.2) is 18.2 Å². The van der Waals surface area contributed by atoms with Crippen molar-refractivity contribution in [3.8, 4) is 0 Å². The predicted octanol–water partition coefficient (Wildman–Crippen LogP) is 3.73. The van der Waals surface area contributed by atoms with E-state index < -0.39 is 0 Å². The zero-order chi connectivity index (χ0) is 14.7. The van der Waals surface area contributed by atoms with Crippen molar-refractivity contribution in [2.24, 2.45) is 11.7 Å². The molecule has 1 saturated carbocycles. The first-order valence-corrected chi connectivity index (χ1v) is 7.74. The average Bonchev–Trinajstić information content (AvgIpc) is 2.37. The topological polar surface area (TPSA) is 29.3 Å². The number of hydrogen-bond donors (Lipinski definition) is 1. The molecule has 0 radical (unpaired) electrons. The highest BCUT2D eigenvalue weighted by atomic mass is 19.1. The van der Waals surface area contributed by atoms with Crippen LogP contribution in [-0.4, -0.2) is 19.1 Å². The van der Waals surface area contributed by atoms with E-state index in [0.717, 1.165) is 36.4 Å². The molecular weight excluding hydrogens is 251 g/mol. The summed E-state index contributed by atoms with van der Waals surface area (Å²) >= 11 is 0. The molecule has 3 heteroatoms. The second-order valence-electron chi connectivity index (χ2n) is 6.47. The zero-order valence-electron chi connectivity index (χ0n) is 12.9. The minimum absolute atomic E-state index is 0.0502. The van der Waals surface area contributed by atoms with E-state index in [4.69, 9.17) is 5.73 Å². The molecule has 2 N–H and O–H groups in total. The Morgan fingerprint density at radius 3 is 2.80 bits per heavy atom. The van der Waals surface area contributed by atoms with E-state index in [0.29, 0.717) is 6.04 Å². The van der Waals surface area contributed by atoms with Gasteiger partial charge in [-0.25, -0.2) is 4.39 Å². The van der Waals surface area contributed by atoms with Crippen LogP contribution in [0.25, 0.3) is 0 Å². The largest absolute Gasteiger partial charge is 0.369 e. The molecule has 112 valence electrons. The van der Waals surface area contributed by atoms with E-state index in [-0.39, 0.29) is 11.9 Å². The molecule has 3 atom stereocenters. The number of benzene rings is 1. The third-order valence-corrected chi connectivity index (χ3v) is 4.42. The zero-order valence-corrected chi connectivity index (χ0v) is 12.9. The maximum Gasteiger partial charge on any atom is 0.146 e. The maximum atomic E-state index is 14.3. The molecule has 0 aliphatic heterocycles. The molecule has 3 unspecified atom stereocenters. The third-order valence-electron chi connectivity index (χ3n) is 4.42. The van der Waals surface area contributed by atoms with E-state index in [9.17, 15) is 4.39 Å². The molecule has 0 heterocycles. The van der Waals surface area contributed by atoms with Gasteiger partial charge in [0.1, 0.15) is 5.82 Å². The lowest BCUT2D eigenvalue weighted by Gasteiger charge is -2.37. The van der Waals surface area contributed by atoms with Gasteiger partial charge in [-0.2, -0.15) is 0 Å². The summed E-state index contributed by atoms with van der Waals surface area (Å²) in [6, 6.07) is 5.85. The van der Waals surface area contributed by atoms with Crippen LogP contribution in [-0.2, 0) is 6.42 Å². The summed E-state index contributed by atoms with van der Waals surface area (Å²) in [7, 11) is 2.03. The van der Waals surface area contributed by atoms with Gasteiger partial charge in [-0.1, -0.05) is 31.9 Å². The molecule has 2 rings (SSSR count). The van der Waals surface area contributed by atoms with Crippen molar-refractivity contribution >= 4 is 5.69 Å². The molecule has 1 aliphatic rings. The van der Waals surface area contributed by atoms with Crippen molar-refractivity contribution in [2.75, 3.05) is 11.9 Å². The Morgan fingerprint density at radius 1 is 1.40 bits per heavy atom. The Labute approximate surface area is 122 Å². The molecule has 0 aromatic heterocycles. The minimum Gasteiger partial charge on any atom is -0.369 e. The number of hydrogen-bond acceptors (Lipinski definition) is 2. The lowest BCUT2D eigenvalue weighted by atomic mass is 9.86. The van der Waals surface area contributed by atoms with Gasteiger partial charge in [0.15, 0.2) is 0 Å². The van der Waals surface area contributed by atoms with Crippen LogP contribution < -0.4 is 10.6 Å². The van der Waals surface area contributed by atoms with Gasteiger partial charge in [-0.05, 0) is 43.7 Å². The summed E-state index contributed by atoms with van der Waals surface area (Å²) in [6.45, 7) is 4.27. The molecule has 20 heavy (non-hydrogen) atoms. The summed E-state index contributed by atoms with van der Waals surface area (Å²) in [4.78, 5) is 2.16. The highest BCUT2D eigenvalue weighted by Gasteiger charge is 2.25. The SMILES string of the molecule is CC(N)Cc1cccc(F)c1N(C)C1CCCC(C)C1. The van der Waals surface area contributed by atoms with Crippen LogP contribution in [0.4, 0.5) is 10.1 Å². The molecule has 0 saturated heterocycles. The predicted molar refractivity (Wildman–Crippen MR) is 83.6 cm³/mol. The van der Waals surface area contributed by atoms with Crippen LogP contribution >= 0.6 is 0 Å². The normalized spacial score (nSPS) is 24.4. The van der Waals surface area contributed by atoms with Gasteiger partial charge < -0.3 is 10.6 Å². The van der Waals surface area contributed by atoms with Crippen LogP contribution in [0, 0.1) is 11.7 Å². The smallest absolute Gasteiger partial charge is 0.146 e. The van der Waals surface area contributed by atoms with Gasteiger partial charge in [0.25, 0.3) is 0 Å². The van der Waals surface area contributed by atoms with E-state index in [1.54, 1.807) is 12.1 Å². The number of rotatable bonds is 4. The second-order valence-corrected chi connectivity index (χ2v) is 6.47. The van der Waals surface area contributed by atoms with Gasteiger partial charge >= 0.3 is 0 Å². The highest BCUT2D eigenvalue weighted by Crippen LogP contribution is 2.33. The van der Waals surface area contributed by atoms with Crippen molar-refractivity contribution in [3.05, 3.63) is 29.6 Å². The van der Waals surface area contributed by atoms with Crippen LogP contribution in [0.1, 0.15) is 45.1 Å². The number of nitrogens with two attached hydrogens (primary N) is 1. The number of halogens is 1. The molecule has 1 fully saturated rings. The second kappa shape index (κ2) is 6.57. The van der Waals surface area contributed by atoms with Crippen molar-refractivity contribution < 1.29 is 4.39 Å². The minimum atomic E-state index is -0.121. The van der Waals surface area contributed by atoms with Crippen molar-refractivity contribution in [3.63, 3.8) is 0 Å². The third kappa shape index (κ3) is 3.51. The lowest BCUT2D eigenvalue weighted by Crippen LogP contribution is -2.37. The fourth-order valence-electron chi connectivity index (χ4n) is 3.40. The summed E-state index contributed by atoms with van der Waals surface area (Å²) in [5.74, 6) is 0.615. The highest BCUT2D eigenvalue weighted by molar-refractivity contribution is 5.55. The van der Waals surface area contributed by atoms with Crippen molar-refractivity contribution in [1.29, 1.82) is 0 Å². The Morgan fingerprint density at radius 2 is 2.15 bits per heavy atom. The van der Waals surface area contributed by atoms with E-state index >= 15 is 0 Å². The lowest BCUT2D eigenvalue weighted by molar-refractivity contribution is 0.335. The van der Waals surface area contributed by atoms with Crippen molar-refractivity contribution in [1.82, 2.24) is 0 Å². The molecule has 1 aromatic carbocycles. The number of anilines is 1. The summed E-state index contributed by atoms with van der Waals surface area (Å²) in [5, 5.41) is 0. The van der Waals surface area contributed by atoms with Gasteiger partial charge in [0.2, 0.25) is 0 Å². The first-order chi connectivity index (χ1) is 9.49. The first-order valence-electron chi connectivity index (χ1n) is 7.74. The van der Waals surface area contributed by atoms with Crippen LogP contribution in [0.3, 0.4) is 0 Å². The molecule has 2 nitrogen and oxygen atoms in total. The summed E-state index contributed by atoms with van der Waals surface area (Å²) < 4.78 is 14.3. The van der Waals surface area contributed by atoms with E-state index in [1.807, 2.05) is 20.0 Å². The van der Waals surface area contributed by atoms with Crippen molar-refractivity contribution in [2.45, 2.75) is 58.0 Å². The van der Waals surface area contributed by atoms with Gasteiger partial charge in [-0.3, -0.25) is 0 Å². The van der Waals surface area contributed by atoms with Gasteiger partial charge in [-0.15, -0.1) is 0 Å². The number of nitrogens with zero attached hydrogens (tertiary/aromatic N) is 1. The standard InChI is InChI=1S/C17H27FN2/c1-12-6-4-8-15(10-12)20(3)17-14(11-13(2)19)7-5-9-16(17)18/h5,7,9,12-13,15H,4,6,8,10-11,19H2,1-3H3. The van der Waals surface area contributed by atoms with Crippen LogP contribution in [0.5, 0.6) is 0 Å². The fourth-order valence-corrected chi connectivity index (χ4v) is 3.40. The Bertz CT molecular complexity index is 445. The quantitative estimate of drug-likeness (QED) is 0.909. The van der Waals surface area contributed by atoms with Gasteiger partial charge in [0.05, 0.1) is 5.69 Å². The Kier molecular flexibility index (Phi) is 5.03. The Hall–Kier alpha value is -1.09. The fraction of sp³-hybridized carbons (Fsp3) is 0.647. The summed E-state index contributed by atoms with van der Waals surface area (Å²) in [6.07, 6.45) is 5.58. The first kappa shape index (κ1) is 15.3. The van der Waals surface area contributed by atoms with Gasteiger partial charge in [0, 0.05) is 19.1 Å². The Balaban J connectivity index is 2.25. The monoisotopic (exact) mass is 278 g/mol.